The third kappa shape index (κ3) is 5.46. The van der Waals surface area contributed by atoms with E-state index >= 15 is 0 Å². The molecule has 2 aromatic rings. The van der Waals surface area contributed by atoms with Crippen molar-refractivity contribution in [2.45, 2.75) is 6.92 Å². The Balaban J connectivity index is 1.69. The molecule has 154 valence electrons. The fourth-order valence-corrected chi connectivity index (χ4v) is 4.68. The van der Waals surface area contributed by atoms with Gasteiger partial charge in [0.1, 0.15) is 11.4 Å². The molecular formula is C19H20Br2N4O4. The molecule has 0 atom stereocenters. The number of amides is 1. The van der Waals surface area contributed by atoms with Crippen LogP contribution in [0.4, 0.5) is 17.1 Å². The van der Waals surface area contributed by atoms with Crippen LogP contribution in [0.1, 0.15) is 5.56 Å². The Hall–Kier alpha value is -2.17. The van der Waals surface area contributed by atoms with Crippen LogP contribution in [0, 0.1) is 17.0 Å². The van der Waals surface area contributed by atoms with Gasteiger partial charge in [-0.05, 0) is 52.7 Å². The van der Waals surface area contributed by atoms with Crippen LogP contribution < -0.4 is 20.3 Å². The fourth-order valence-electron chi connectivity index (χ4n) is 3.13. The third-order valence-electron chi connectivity index (χ3n) is 4.46. The Kier molecular flexibility index (Phi) is 7.09. The molecule has 0 aromatic heterocycles. The molecule has 10 heteroatoms. The molecule has 1 aliphatic rings. The van der Waals surface area contributed by atoms with Crippen molar-refractivity contribution in [2.75, 3.05) is 43.0 Å². The number of halogens is 2. The number of nitro groups is 1. The maximum atomic E-state index is 12.3. The van der Waals surface area contributed by atoms with Gasteiger partial charge in [0.05, 0.1) is 9.40 Å². The molecule has 0 bridgehead atoms. The summed E-state index contributed by atoms with van der Waals surface area (Å²) in [6.45, 7) is 4.61. The lowest BCUT2D eigenvalue weighted by molar-refractivity contribution is -0.384. The number of nitrogens with one attached hydrogen (secondary N) is 2. The average Bonchev–Trinajstić information content (AvgIpc) is 2.67. The quantitative estimate of drug-likeness (QED) is 0.437. The maximum Gasteiger partial charge on any atom is 0.294 e. The van der Waals surface area contributed by atoms with Gasteiger partial charge in [0.15, 0.2) is 6.61 Å². The minimum Gasteiger partial charge on any atom is -0.482 e. The van der Waals surface area contributed by atoms with Crippen LogP contribution in [-0.4, -0.2) is 43.6 Å². The van der Waals surface area contributed by atoms with Crippen LogP contribution in [0.2, 0.25) is 0 Å². The zero-order valence-electron chi connectivity index (χ0n) is 15.7. The van der Waals surface area contributed by atoms with E-state index in [1.807, 2.05) is 24.0 Å². The molecule has 2 aromatic carbocycles. The van der Waals surface area contributed by atoms with Crippen molar-refractivity contribution >= 4 is 54.8 Å². The summed E-state index contributed by atoms with van der Waals surface area (Å²) < 4.78 is 7.25. The van der Waals surface area contributed by atoms with Gasteiger partial charge < -0.3 is 20.3 Å². The lowest BCUT2D eigenvalue weighted by atomic mass is 10.2. The van der Waals surface area contributed by atoms with Crippen LogP contribution in [-0.2, 0) is 4.79 Å². The van der Waals surface area contributed by atoms with Crippen LogP contribution in [0.25, 0.3) is 0 Å². The topological polar surface area (TPSA) is 96.7 Å². The summed E-state index contributed by atoms with van der Waals surface area (Å²) in [6.07, 6.45) is 0. The zero-order valence-corrected chi connectivity index (χ0v) is 18.9. The van der Waals surface area contributed by atoms with E-state index in [0.29, 0.717) is 30.2 Å². The van der Waals surface area contributed by atoms with Gasteiger partial charge in [-0.3, -0.25) is 14.9 Å². The number of piperazine rings is 1. The van der Waals surface area contributed by atoms with Crippen molar-refractivity contribution in [1.82, 2.24) is 5.32 Å². The minimum absolute atomic E-state index is 0.0304. The number of nitro benzene ring substituents is 1. The first kappa shape index (κ1) is 21.5. The molecule has 1 aliphatic heterocycles. The number of hydrogen-bond donors (Lipinski definition) is 2. The molecule has 1 amide bonds. The average molecular weight is 528 g/mol. The molecule has 29 heavy (non-hydrogen) atoms. The summed E-state index contributed by atoms with van der Waals surface area (Å²) >= 11 is 6.81. The summed E-state index contributed by atoms with van der Waals surface area (Å²) in [4.78, 5) is 25.4. The smallest absolute Gasteiger partial charge is 0.294 e. The highest BCUT2D eigenvalue weighted by Gasteiger charge is 2.22. The summed E-state index contributed by atoms with van der Waals surface area (Å²) in [6, 6.07) is 8.45. The lowest BCUT2D eigenvalue weighted by Gasteiger charge is -2.29. The van der Waals surface area contributed by atoms with E-state index in [4.69, 9.17) is 4.74 Å². The van der Waals surface area contributed by atoms with Crippen LogP contribution >= 0.6 is 31.9 Å². The summed E-state index contributed by atoms with van der Waals surface area (Å²) in [7, 11) is 0. The van der Waals surface area contributed by atoms with E-state index in [1.165, 1.54) is 6.07 Å². The predicted molar refractivity (Wildman–Crippen MR) is 119 cm³/mol. The van der Waals surface area contributed by atoms with Gasteiger partial charge in [-0.2, -0.15) is 0 Å². The van der Waals surface area contributed by atoms with Gasteiger partial charge in [-0.25, -0.2) is 0 Å². The Bertz CT molecular complexity index is 909. The second-order valence-corrected chi connectivity index (χ2v) is 8.34. The number of benzene rings is 2. The van der Waals surface area contributed by atoms with Gasteiger partial charge in [-0.15, -0.1) is 0 Å². The van der Waals surface area contributed by atoms with E-state index in [0.717, 1.165) is 27.6 Å². The van der Waals surface area contributed by atoms with E-state index in [2.05, 4.69) is 42.5 Å². The molecule has 1 saturated heterocycles. The highest BCUT2D eigenvalue weighted by atomic mass is 79.9. The molecule has 3 rings (SSSR count). The Morgan fingerprint density at radius 3 is 2.66 bits per heavy atom. The summed E-state index contributed by atoms with van der Waals surface area (Å²) in [5.74, 6) is 0.173. The Morgan fingerprint density at radius 1 is 1.28 bits per heavy atom. The van der Waals surface area contributed by atoms with Crippen LogP contribution in [0.3, 0.4) is 0 Å². The van der Waals surface area contributed by atoms with Crippen molar-refractivity contribution < 1.29 is 14.5 Å². The zero-order chi connectivity index (χ0) is 21.0. The molecule has 1 heterocycles. The number of rotatable bonds is 6. The Morgan fingerprint density at radius 2 is 2.00 bits per heavy atom. The monoisotopic (exact) mass is 526 g/mol. The number of carbonyl (C=O) groups is 1. The first-order chi connectivity index (χ1) is 13.8. The number of aryl methyl sites for hydroxylation is 1. The fraction of sp³-hybridized carbons (Fsp3) is 0.316. The van der Waals surface area contributed by atoms with Gasteiger partial charge >= 0.3 is 0 Å². The SMILES string of the molecule is Cc1cc(Br)cc(Br)c1OCC(=O)Nc1ccc(N2CCNCC2)c([N+](=O)[O-])c1. The van der Waals surface area contributed by atoms with E-state index in [9.17, 15) is 14.9 Å². The molecule has 0 spiro atoms. The van der Waals surface area contributed by atoms with Crippen molar-refractivity contribution in [3.8, 4) is 5.75 Å². The van der Waals surface area contributed by atoms with Crippen LogP contribution in [0.15, 0.2) is 39.3 Å². The maximum absolute atomic E-state index is 12.3. The second-order valence-electron chi connectivity index (χ2n) is 6.57. The summed E-state index contributed by atoms with van der Waals surface area (Å²) in [5, 5.41) is 17.4. The standard InChI is InChI=1S/C19H20Br2N4O4/c1-12-8-13(20)9-15(21)19(12)29-11-18(26)23-14-2-3-16(17(10-14)25(27)28)24-6-4-22-5-7-24/h2-3,8-10,22H,4-7,11H2,1H3,(H,23,26). The van der Waals surface area contributed by atoms with Crippen molar-refractivity contribution in [2.24, 2.45) is 0 Å². The van der Waals surface area contributed by atoms with E-state index in [1.54, 1.807) is 12.1 Å². The molecule has 0 radical (unpaired) electrons. The highest BCUT2D eigenvalue weighted by Crippen LogP contribution is 2.33. The van der Waals surface area contributed by atoms with Crippen LogP contribution in [0.5, 0.6) is 5.75 Å². The number of hydrogen-bond acceptors (Lipinski definition) is 6. The molecular weight excluding hydrogens is 508 g/mol. The molecule has 0 aliphatic carbocycles. The number of carbonyl (C=O) groups excluding carboxylic acids is 1. The van der Waals surface area contributed by atoms with Gasteiger partial charge in [0.2, 0.25) is 0 Å². The van der Waals surface area contributed by atoms with Gasteiger partial charge in [0, 0.05) is 42.4 Å². The molecule has 2 N–H and O–H groups in total. The van der Waals surface area contributed by atoms with Gasteiger partial charge in [-0.1, -0.05) is 15.9 Å². The first-order valence-electron chi connectivity index (χ1n) is 8.97. The molecule has 0 saturated carbocycles. The van der Waals surface area contributed by atoms with Crippen molar-refractivity contribution in [3.05, 3.63) is 55.0 Å². The van der Waals surface area contributed by atoms with E-state index < -0.39 is 10.8 Å². The highest BCUT2D eigenvalue weighted by molar-refractivity contribution is 9.11. The molecule has 1 fully saturated rings. The third-order valence-corrected chi connectivity index (χ3v) is 5.50. The van der Waals surface area contributed by atoms with Crippen molar-refractivity contribution in [3.63, 3.8) is 0 Å². The largest absolute Gasteiger partial charge is 0.482 e. The number of ether oxygens (including phenoxy) is 1. The molecule has 8 nitrogen and oxygen atoms in total. The normalized spacial score (nSPS) is 13.8. The van der Waals surface area contributed by atoms with E-state index in [-0.39, 0.29) is 12.3 Å². The minimum atomic E-state index is -0.425. The predicted octanol–water partition coefficient (Wildman–Crippen LogP) is 3.86. The number of nitrogens with zero attached hydrogens (tertiary/aromatic N) is 2. The lowest BCUT2D eigenvalue weighted by Crippen LogP contribution is -2.43. The first-order valence-corrected chi connectivity index (χ1v) is 10.6. The Labute approximate surface area is 185 Å². The summed E-state index contributed by atoms with van der Waals surface area (Å²) in [5.41, 5.74) is 1.75. The van der Waals surface area contributed by atoms with Crippen molar-refractivity contribution in [1.29, 1.82) is 0 Å². The number of anilines is 2. The molecule has 0 unspecified atom stereocenters. The van der Waals surface area contributed by atoms with Gasteiger partial charge in [0.25, 0.3) is 11.6 Å². The second kappa shape index (κ2) is 9.55.